The van der Waals surface area contributed by atoms with E-state index in [0.29, 0.717) is 5.88 Å². The molecule has 1 aromatic heterocycles. The van der Waals surface area contributed by atoms with E-state index in [1.807, 2.05) is 0 Å². The summed E-state index contributed by atoms with van der Waals surface area (Å²) in [6, 6.07) is 10.2. The Morgan fingerprint density at radius 1 is 1.16 bits per heavy atom. The smallest absolute Gasteiger partial charge is 0.216 e. The number of hydrogen-bond acceptors (Lipinski definition) is 4. The first kappa shape index (κ1) is 13.5. The lowest BCUT2D eigenvalue weighted by Gasteiger charge is -2.12. The molecular formula is C15H19N3O. The zero-order valence-electron chi connectivity index (χ0n) is 11.3. The normalized spacial score (nSPS) is 12.2. The summed E-state index contributed by atoms with van der Waals surface area (Å²) in [4.78, 5) is 8.18. The number of rotatable bonds is 5. The molecule has 0 bridgehead atoms. The number of nitrogens with two attached hydrogens (primary N) is 1. The highest BCUT2D eigenvalue weighted by Crippen LogP contribution is 2.17. The van der Waals surface area contributed by atoms with Gasteiger partial charge in [0.2, 0.25) is 5.88 Å². The van der Waals surface area contributed by atoms with E-state index >= 15 is 0 Å². The zero-order chi connectivity index (χ0) is 13.7. The number of methoxy groups -OCH3 is 1. The van der Waals surface area contributed by atoms with Crippen molar-refractivity contribution >= 4 is 0 Å². The van der Waals surface area contributed by atoms with Gasteiger partial charge in [-0.25, -0.2) is 9.97 Å². The van der Waals surface area contributed by atoms with Gasteiger partial charge in [-0.1, -0.05) is 31.2 Å². The summed E-state index contributed by atoms with van der Waals surface area (Å²) in [6.07, 6.45) is 3.29. The van der Waals surface area contributed by atoms with Crippen molar-refractivity contribution < 1.29 is 4.74 Å². The summed E-state index contributed by atoms with van der Waals surface area (Å²) in [7, 11) is 1.58. The molecule has 4 nitrogen and oxygen atoms in total. The minimum atomic E-state index is -0.149. The highest BCUT2D eigenvalue weighted by atomic mass is 16.5. The van der Waals surface area contributed by atoms with Crippen LogP contribution in [-0.4, -0.2) is 17.1 Å². The van der Waals surface area contributed by atoms with Crippen LogP contribution < -0.4 is 10.5 Å². The molecule has 2 N–H and O–H groups in total. The zero-order valence-corrected chi connectivity index (χ0v) is 11.3. The summed E-state index contributed by atoms with van der Waals surface area (Å²) in [6.45, 7) is 2.15. The van der Waals surface area contributed by atoms with E-state index in [1.54, 1.807) is 13.2 Å². The van der Waals surface area contributed by atoms with Crippen molar-refractivity contribution in [1.82, 2.24) is 9.97 Å². The minimum Gasteiger partial charge on any atom is -0.481 e. The van der Waals surface area contributed by atoms with Crippen LogP contribution in [0.25, 0.3) is 0 Å². The fourth-order valence-corrected chi connectivity index (χ4v) is 1.94. The monoisotopic (exact) mass is 257 g/mol. The summed E-state index contributed by atoms with van der Waals surface area (Å²) in [5.41, 5.74) is 9.52. The third-order valence-corrected chi connectivity index (χ3v) is 3.14. The van der Waals surface area contributed by atoms with Crippen LogP contribution in [0.1, 0.15) is 29.8 Å². The Kier molecular flexibility index (Phi) is 4.47. The molecule has 1 unspecified atom stereocenters. The molecule has 0 amide bonds. The van der Waals surface area contributed by atoms with Crippen LogP contribution in [0.4, 0.5) is 0 Å². The van der Waals surface area contributed by atoms with Gasteiger partial charge in [-0.05, 0) is 24.0 Å². The van der Waals surface area contributed by atoms with Crippen molar-refractivity contribution in [2.24, 2.45) is 5.73 Å². The molecule has 1 atom stereocenters. The van der Waals surface area contributed by atoms with Crippen molar-refractivity contribution in [1.29, 1.82) is 0 Å². The second-order valence-electron chi connectivity index (χ2n) is 4.47. The van der Waals surface area contributed by atoms with E-state index in [4.69, 9.17) is 10.5 Å². The molecule has 0 fully saturated rings. The van der Waals surface area contributed by atoms with Crippen LogP contribution in [0.3, 0.4) is 0 Å². The van der Waals surface area contributed by atoms with Gasteiger partial charge < -0.3 is 10.5 Å². The van der Waals surface area contributed by atoms with Gasteiger partial charge in [-0.2, -0.15) is 0 Å². The highest BCUT2D eigenvalue weighted by molar-refractivity contribution is 5.25. The number of hydrogen-bond donors (Lipinski definition) is 1. The molecule has 0 aliphatic rings. The van der Waals surface area contributed by atoms with Gasteiger partial charge in [0.05, 0.1) is 18.8 Å². The van der Waals surface area contributed by atoms with Gasteiger partial charge in [0.15, 0.2) is 0 Å². The standard InChI is InChI=1S/C15H19N3O/c1-3-11-4-6-12(7-5-11)8-13(16)14-9-15(19-2)18-10-17-14/h4-7,9-10,13H,3,8,16H2,1-2H3. The van der Waals surface area contributed by atoms with Crippen molar-refractivity contribution in [3.05, 3.63) is 53.5 Å². The Hall–Kier alpha value is -1.94. The largest absolute Gasteiger partial charge is 0.481 e. The van der Waals surface area contributed by atoms with Gasteiger partial charge in [0.25, 0.3) is 0 Å². The summed E-state index contributed by atoms with van der Waals surface area (Å²) in [5, 5.41) is 0. The van der Waals surface area contributed by atoms with E-state index in [-0.39, 0.29) is 6.04 Å². The van der Waals surface area contributed by atoms with E-state index in [9.17, 15) is 0 Å². The maximum absolute atomic E-state index is 6.18. The number of benzene rings is 1. The van der Waals surface area contributed by atoms with Crippen molar-refractivity contribution in [2.45, 2.75) is 25.8 Å². The first-order valence-corrected chi connectivity index (χ1v) is 6.42. The van der Waals surface area contributed by atoms with Crippen LogP contribution in [0.15, 0.2) is 36.7 Å². The molecule has 0 spiro atoms. The Labute approximate surface area is 113 Å². The number of nitrogens with zero attached hydrogens (tertiary/aromatic N) is 2. The quantitative estimate of drug-likeness (QED) is 0.892. The van der Waals surface area contributed by atoms with Crippen LogP contribution in [-0.2, 0) is 12.8 Å². The van der Waals surface area contributed by atoms with E-state index in [0.717, 1.165) is 18.5 Å². The molecule has 19 heavy (non-hydrogen) atoms. The lowest BCUT2D eigenvalue weighted by Crippen LogP contribution is -2.15. The molecule has 4 heteroatoms. The second kappa shape index (κ2) is 6.29. The first-order chi connectivity index (χ1) is 9.22. The summed E-state index contributed by atoms with van der Waals surface area (Å²) in [5.74, 6) is 0.543. The van der Waals surface area contributed by atoms with Gasteiger partial charge in [-0.3, -0.25) is 0 Å². The number of aryl methyl sites for hydroxylation is 1. The Bertz CT molecular complexity index is 525. The maximum Gasteiger partial charge on any atom is 0.216 e. The average molecular weight is 257 g/mol. The molecular weight excluding hydrogens is 238 g/mol. The lowest BCUT2D eigenvalue weighted by molar-refractivity contribution is 0.395. The van der Waals surface area contributed by atoms with Crippen LogP contribution >= 0.6 is 0 Å². The molecule has 1 heterocycles. The van der Waals surface area contributed by atoms with E-state index in [2.05, 4.69) is 41.2 Å². The molecule has 0 radical (unpaired) electrons. The molecule has 0 aliphatic heterocycles. The minimum absolute atomic E-state index is 0.149. The third-order valence-electron chi connectivity index (χ3n) is 3.14. The van der Waals surface area contributed by atoms with Crippen molar-refractivity contribution in [2.75, 3.05) is 7.11 Å². The molecule has 2 rings (SSSR count). The first-order valence-electron chi connectivity index (χ1n) is 6.42. The molecule has 2 aromatic rings. The SMILES string of the molecule is CCc1ccc(CC(N)c2cc(OC)ncn2)cc1. The van der Waals surface area contributed by atoms with E-state index in [1.165, 1.54) is 17.5 Å². The van der Waals surface area contributed by atoms with Gasteiger partial charge in [0.1, 0.15) is 6.33 Å². The number of aromatic nitrogens is 2. The Morgan fingerprint density at radius 2 is 1.84 bits per heavy atom. The maximum atomic E-state index is 6.18. The van der Waals surface area contributed by atoms with Crippen molar-refractivity contribution in [3.8, 4) is 5.88 Å². The van der Waals surface area contributed by atoms with Crippen molar-refractivity contribution in [3.63, 3.8) is 0 Å². The summed E-state index contributed by atoms with van der Waals surface area (Å²) < 4.78 is 5.08. The predicted octanol–water partition coefficient (Wildman–Crippen LogP) is 2.29. The summed E-state index contributed by atoms with van der Waals surface area (Å²) >= 11 is 0. The molecule has 0 saturated heterocycles. The fourth-order valence-electron chi connectivity index (χ4n) is 1.94. The lowest BCUT2D eigenvalue weighted by atomic mass is 10.0. The molecule has 0 saturated carbocycles. The van der Waals surface area contributed by atoms with Gasteiger partial charge in [-0.15, -0.1) is 0 Å². The molecule has 0 aliphatic carbocycles. The van der Waals surface area contributed by atoms with E-state index < -0.39 is 0 Å². The topological polar surface area (TPSA) is 61.0 Å². The highest BCUT2D eigenvalue weighted by Gasteiger charge is 2.10. The Balaban J connectivity index is 2.08. The second-order valence-corrected chi connectivity index (χ2v) is 4.47. The fraction of sp³-hybridized carbons (Fsp3) is 0.333. The molecule has 1 aromatic carbocycles. The predicted molar refractivity (Wildman–Crippen MR) is 75.0 cm³/mol. The van der Waals surface area contributed by atoms with Crippen LogP contribution in [0.5, 0.6) is 5.88 Å². The van der Waals surface area contributed by atoms with Gasteiger partial charge in [0, 0.05) is 6.07 Å². The average Bonchev–Trinajstić information content (AvgIpc) is 2.48. The number of ether oxygens (including phenoxy) is 1. The third kappa shape index (κ3) is 3.51. The van der Waals surface area contributed by atoms with Gasteiger partial charge >= 0.3 is 0 Å². The molecule has 100 valence electrons. The Morgan fingerprint density at radius 3 is 2.47 bits per heavy atom. The van der Waals surface area contributed by atoms with Crippen LogP contribution in [0, 0.1) is 0 Å². The van der Waals surface area contributed by atoms with Crippen LogP contribution in [0.2, 0.25) is 0 Å².